The van der Waals surface area contributed by atoms with Gasteiger partial charge in [0, 0.05) is 41.2 Å². The summed E-state index contributed by atoms with van der Waals surface area (Å²) >= 11 is 0. The normalized spacial score (nSPS) is 23.6. The molecule has 27 heavy (non-hydrogen) atoms. The van der Waals surface area contributed by atoms with Crippen LogP contribution in [0.5, 0.6) is 0 Å². The second-order valence-electron chi connectivity index (χ2n) is 7.19. The van der Waals surface area contributed by atoms with Gasteiger partial charge in [-0.3, -0.25) is 0 Å². The number of carbonyl (C=O) groups excluding carboxylic acids is 1. The molecule has 0 radical (unpaired) electrons. The first kappa shape index (κ1) is 18.5. The van der Waals surface area contributed by atoms with E-state index in [4.69, 9.17) is 14.5 Å². The minimum absolute atomic E-state index is 0. The average Bonchev–Trinajstić information content (AvgIpc) is 3.06. The van der Waals surface area contributed by atoms with Crippen molar-refractivity contribution in [1.29, 1.82) is 0 Å². The predicted octanol–water partition coefficient (Wildman–Crippen LogP) is 3.40. The van der Waals surface area contributed by atoms with Crippen LogP contribution < -0.4 is 0 Å². The van der Waals surface area contributed by atoms with Gasteiger partial charge < -0.3 is 14.0 Å². The quantitative estimate of drug-likeness (QED) is 0.346. The number of fused-ring (bicyclic) bond motifs is 6. The van der Waals surface area contributed by atoms with Crippen LogP contribution in [0.15, 0.2) is 48.4 Å². The molecular formula is C21H20HgN2O3+2. The van der Waals surface area contributed by atoms with E-state index < -0.39 is 0 Å². The Labute approximate surface area is 178 Å². The SMILES string of the molecule is COC(=O)C1=CO[C@@H](C)[C@H]2Cn3ccc4c5ccccc5nc-4c3C[C@H]12.[Hg+2]. The summed E-state index contributed by atoms with van der Waals surface area (Å²) in [6.45, 7) is 2.88. The van der Waals surface area contributed by atoms with E-state index >= 15 is 0 Å². The van der Waals surface area contributed by atoms with Gasteiger partial charge in [-0.25, -0.2) is 9.78 Å². The molecule has 4 aliphatic heterocycles. The third-order valence-electron chi connectivity index (χ3n) is 5.89. The van der Waals surface area contributed by atoms with E-state index in [1.54, 1.807) is 6.26 Å². The van der Waals surface area contributed by atoms with Gasteiger partial charge in [0.05, 0.1) is 30.2 Å². The topological polar surface area (TPSA) is 53.4 Å². The van der Waals surface area contributed by atoms with E-state index in [1.807, 2.05) is 18.2 Å². The fourth-order valence-corrected chi connectivity index (χ4v) is 4.49. The Bertz CT molecular complexity index is 1030. The van der Waals surface area contributed by atoms with E-state index in [-0.39, 0.29) is 51.6 Å². The number of benzene rings is 1. The number of aromatic nitrogens is 2. The second-order valence-corrected chi connectivity index (χ2v) is 7.19. The monoisotopic (exact) mass is 550 g/mol. The molecule has 3 atom stereocenters. The Kier molecular flexibility index (Phi) is 4.74. The van der Waals surface area contributed by atoms with Gasteiger partial charge in [0.25, 0.3) is 0 Å². The first-order valence-corrected chi connectivity index (χ1v) is 8.97. The van der Waals surface area contributed by atoms with Crippen LogP contribution in [-0.2, 0) is 54.9 Å². The number of para-hydroxylation sites is 1. The minimum atomic E-state index is -0.298. The van der Waals surface area contributed by atoms with E-state index in [2.05, 4.69) is 29.8 Å². The fraction of sp³-hybridized carbons (Fsp3) is 0.333. The van der Waals surface area contributed by atoms with Crippen LogP contribution in [0.4, 0.5) is 0 Å². The molecule has 0 aromatic heterocycles. The van der Waals surface area contributed by atoms with Crippen LogP contribution in [0.1, 0.15) is 12.6 Å². The van der Waals surface area contributed by atoms with Gasteiger partial charge in [0.2, 0.25) is 0 Å². The smallest absolute Gasteiger partial charge is 0.497 e. The number of hydrogen-bond acceptors (Lipinski definition) is 4. The van der Waals surface area contributed by atoms with E-state index in [1.165, 1.54) is 23.8 Å². The molecule has 0 N–H and O–H groups in total. The Morgan fingerprint density at radius 3 is 2.93 bits per heavy atom. The molecule has 132 valence electrons. The van der Waals surface area contributed by atoms with Crippen molar-refractivity contribution in [3.63, 3.8) is 0 Å². The van der Waals surface area contributed by atoms with E-state index in [9.17, 15) is 4.79 Å². The van der Waals surface area contributed by atoms with Crippen LogP contribution in [0.25, 0.3) is 22.2 Å². The zero-order valence-corrected chi connectivity index (χ0v) is 21.0. The molecular weight excluding hydrogens is 529 g/mol. The number of nitrogens with zero attached hydrogens (tertiary/aromatic N) is 2. The standard InChI is InChI=1S/C21H20N2O3.Hg/c1-12-16-10-23-8-7-14-13-5-3-4-6-18(13)22-20(14)19(23)9-15(16)17(11-26-12)21(24)25-2;/h3-8,11-12,15-16H,9-10H2,1-2H3;/q;+2/t12-,15-,16+;/m0./s1. The summed E-state index contributed by atoms with van der Waals surface area (Å²) in [4.78, 5) is 17.1. The maximum atomic E-state index is 12.3. The maximum absolute atomic E-state index is 12.3. The molecule has 6 heteroatoms. The molecule has 0 bridgehead atoms. The Morgan fingerprint density at radius 1 is 1.30 bits per heavy atom. The molecule has 0 aliphatic carbocycles. The van der Waals surface area contributed by atoms with Crippen molar-refractivity contribution in [2.45, 2.75) is 26.0 Å². The zero-order chi connectivity index (χ0) is 17.8. The molecule has 0 saturated carbocycles. The Balaban J connectivity index is 0.00000180. The van der Waals surface area contributed by atoms with Crippen molar-refractivity contribution in [2.75, 3.05) is 7.11 Å². The van der Waals surface area contributed by atoms with Crippen molar-refractivity contribution in [3.05, 3.63) is 54.1 Å². The van der Waals surface area contributed by atoms with Gasteiger partial charge in [-0.05, 0) is 25.5 Å². The number of pyridine rings is 1. The van der Waals surface area contributed by atoms with E-state index in [0.717, 1.165) is 24.2 Å². The van der Waals surface area contributed by atoms with Gasteiger partial charge in [0.15, 0.2) is 0 Å². The molecule has 4 heterocycles. The molecule has 1 aromatic rings. The number of rotatable bonds is 1. The fourth-order valence-electron chi connectivity index (χ4n) is 4.49. The Hall–Kier alpha value is -1.88. The number of hydrogen-bond donors (Lipinski definition) is 0. The molecule has 5 nitrogen and oxygen atoms in total. The van der Waals surface area contributed by atoms with Crippen molar-refractivity contribution in [3.8, 4) is 11.3 Å². The van der Waals surface area contributed by atoms with Crippen LogP contribution in [0, 0.1) is 11.8 Å². The van der Waals surface area contributed by atoms with Gasteiger partial charge in [-0.1, -0.05) is 18.2 Å². The largest absolute Gasteiger partial charge is 2.00 e. The zero-order valence-electron chi connectivity index (χ0n) is 15.5. The summed E-state index contributed by atoms with van der Waals surface area (Å²) in [5.74, 6) is 0.0400. The predicted molar refractivity (Wildman–Crippen MR) is 97.7 cm³/mol. The van der Waals surface area contributed by atoms with Crippen molar-refractivity contribution in [1.82, 2.24) is 9.55 Å². The molecule has 0 spiro atoms. The second kappa shape index (κ2) is 6.93. The van der Waals surface area contributed by atoms with Crippen LogP contribution in [-0.4, -0.2) is 28.7 Å². The maximum Gasteiger partial charge on any atom is 2.00 e. The summed E-state index contributed by atoms with van der Waals surface area (Å²) in [6.07, 6.45) is 4.57. The summed E-state index contributed by atoms with van der Waals surface area (Å²) < 4.78 is 13.0. The number of methoxy groups -OCH3 is 1. The van der Waals surface area contributed by atoms with Crippen LogP contribution in [0.3, 0.4) is 0 Å². The molecule has 0 fully saturated rings. The first-order valence-electron chi connectivity index (χ1n) is 8.97. The Morgan fingerprint density at radius 2 is 2.11 bits per heavy atom. The van der Waals surface area contributed by atoms with Crippen molar-refractivity contribution in [2.24, 2.45) is 11.8 Å². The molecule has 0 saturated heterocycles. The average molecular weight is 549 g/mol. The summed E-state index contributed by atoms with van der Waals surface area (Å²) in [5.41, 5.74) is 5.05. The minimum Gasteiger partial charge on any atom is -0.497 e. The third kappa shape index (κ3) is 2.78. The van der Waals surface area contributed by atoms with Crippen LogP contribution in [0.2, 0.25) is 0 Å². The van der Waals surface area contributed by atoms with Crippen molar-refractivity contribution < 1.29 is 41.9 Å². The molecule has 0 amide bonds. The number of ether oxygens (including phenoxy) is 2. The molecule has 5 rings (SSSR count). The summed E-state index contributed by atoms with van der Waals surface area (Å²) in [6, 6.07) is 10.4. The third-order valence-corrected chi connectivity index (χ3v) is 5.89. The molecule has 0 unspecified atom stereocenters. The number of esters is 1. The first-order chi connectivity index (χ1) is 12.7. The van der Waals surface area contributed by atoms with Gasteiger partial charge in [-0.15, -0.1) is 0 Å². The molecule has 1 aromatic carbocycles. The summed E-state index contributed by atoms with van der Waals surface area (Å²) in [7, 11) is 1.42. The van der Waals surface area contributed by atoms with Gasteiger partial charge in [0.1, 0.15) is 6.10 Å². The van der Waals surface area contributed by atoms with Crippen molar-refractivity contribution >= 4 is 16.9 Å². The molecule has 4 aliphatic rings. The van der Waals surface area contributed by atoms with Gasteiger partial charge >= 0.3 is 33.6 Å². The summed E-state index contributed by atoms with van der Waals surface area (Å²) in [5, 5.41) is 1.18. The number of carbonyl (C=O) groups is 1. The van der Waals surface area contributed by atoms with Crippen LogP contribution >= 0.6 is 0 Å². The van der Waals surface area contributed by atoms with E-state index in [0.29, 0.717) is 5.57 Å². The van der Waals surface area contributed by atoms with Gasteiger partial charge in [-0.2, -0.15) is 0 Å².